The van der Waals surface area contributed by atoms with Crippen LogP contribution in [0, 0.1) is 5.41 Å². The van der Waals surface area contributed by atoms with E-state index in [-0.39, 0.29) is 5.91 Å². The predicted molar refractivity (Wildman–Crippen MR) is 108 cm³/mol. The molecule has 0 radical (unpaired) electrons. The van der Waals surface area contributed by atoms with Crippen LogP contribution in [-0.4, -0.2) is 40.5 Å². The Hall–Kier alpha value is -2.00. The summed E-state index contributed by atoms with van der Waals surface area (Å²) >= 11 is 7.57. The number of nitrogens with two attached hydrogens (primary N) is 1. The van der Waals surface area contributed by atoms with Gasteiger partial charge in [0.05, 0.1) is 21.7 Å². The predicted octanol–water partition coefficient (Wildman–Crippen LogP) is 2.53. The van der Waals surface area contributed by atoms with Crippen LogP contribution in [0.3, 0.4) is 0 Å². The molecule has 0 aliphatic carbocycles. The molecular formula is C18H21ClN6OS. The minimum absolute atomic E-state index is 0.0113. The molecule has 0 spiro atoms. The monoisotopic (exact) mass is 404 g/mol. The Morgan fingerprint density at radius 1 is 1.30 bits per heavy atom. The summed E-state index contributed by atoms with van der Waals surface area (Å²) in [7, 11) is 0. The number of aromatic amines is 1. The maximum absolute atomic E-state index is 13.7. The fraction of sp³-hybridized carbons (Fsp3) is 0.389. The third kappa shape index (κ3) is 3.45. The molecule has 1 fully saturated rings. The highest BCUT2D eigenvalue weighted by atomic mass is 35.5. The zero-order chi connectivity index (χ0) is 18.9. The topological polar surface area (TPSA) is 99.9 Å². The normalized spacial score (nSPS) is 16.5. The summed E-state index contributed by atoms with van der Waals surface area (Å²) in [5.74, 6) is 0.611. The van der Waals surface area contributed by atoms with Crippen LogP contribution in [0.4, 0.5) is 5.82 Å². The molecule has 142 valence electrons. The zero-order valence-electron chi connectivity index (χ0n) is 14.7. The first-order valence-corrected chi connectivity index (χ1v) is 10.1. The van der Waals surface area contributed by atoms with Gasteiger partial charge in [-0.1, -0.05) is 11.6 Å². The number of nitrogens with zero attached hydrogens (tertiary/aromatic N) is 3. The number of rotatable bonds is 5. The largest absolute Gasteiger partial charge is 0.346 e. The van der Waals surface area contributed by atoms with E-state index in [0.29, 0.717) is 41.7 Å². The minimum Gasteiger partial charge on any atom is -0.346 e. The van der Waals surface area contributed by atoms with Crippen LogP contribution < -0.4 is 16.0 Å². The summed E-state index contributed by atoms with van der Waals surface area (Å²) in [4.78, 5) is 28.3. The van der Waals surface area contributed by atoms with Crippen LogP contribution in [0.2, 0.25) is 4.34 Å². The van der Waals surface area contributed by atoms with Crippen molar-refractivity contribution in [2.45, 2.75) is 19.4 Å². The molecule has 3 aromatic heterocycles. The van der Waals surface area contributed by atoms with Gasteiger partial charge in [0.1, 0.15) is 17.8 Å². The summed E-state index contributed by atoms with van der Waals surface area (Å²) in [6.45, 7) is 2.29. The number of halogens is 1. The average molecular weight is 405 g/mol. The highest BCUT2D eigenvalue weighted by Crippen LogP contribution is 2.35. The van der Waals surface area contributed by atoms with E-state index in [4.69, 9.17) is 17.3 Å². The maximum Gasteiger partial charge on any atom is 0.236 e. The van der Waals surface area contributed by atoms with Crippen molar-refractivity contribution in [1.82, 2.24) is 20.3 Å². The van der Waals surface area contributed by atoms with E-state index in [9.17, 15) is 4.79 Å². The van der Waals surface area contributed by atoms with E-state index in [1.165, 1.54) is 17.7 Å². The fourth-order valence-corrected chi connectivity index (χ4v) is 4.68. The second-order valence-corrected chi connectivity index (χ2v) is 8.57. The summed E-state index contributed by atoms with van der Waals surface area (Å²) in [5.41, 5.74) is 6.23. The molecule has 1 aliphatic heterocycles. The molecule has 3 aromatic rings. The number of thiophene rings is 1. The molecule has 9 heteroatoms. The number of aromatic nitrogens is 3. The molecule has 0 bridgehead atoms. The van der Waals surface area contributed by atoms with E-state index in [1.807, 2.05) is 18.2 Å². The second kappa shape index (κ2) is 7.55. The zero-order valence-corrected chi connectivity index (χ0v) is 16.3. The molecule has 0 aromatic carbocycles. The van der Waals surface area contributed by atoms with Gasteiger partial charge in [-0.15, -0.1) is 11.3 Å². The van der Waals surface area contributed by atoms with E-state index >= 15 is 0 Å². The Morgan fingerprint density at radius 3 is 2.81 bits per heavy atom. The van der Waals surface area contributed by atoms with Gasteiger partial charge in [0.25, 0.3) is 0 Å². The third-order valence-corrected chi connectivity index (χ3v) is 6.40. The lowest BCUT2D eigenvalue weighted by atomic mass is 9.77. The second-order valence-electron chi connectivity index (χ2n) is 6.77. The Kier molecular flexibility index (Phi) is 5.14. The molecule has 0 atom stereocenters. The summed E-state index contributed by atoms with van der Waals surface area (Å²) in [6, 6.07) is 5.68. The van der Waals surface area contributed by atoms with Crippen LogP contribution in [0.15, 0.2) is 30.7 Å². The SMILES string of the molecule is NCC1(C(=O)N(Cc2ccc(Cl)s2)c2ncnc3[nH]ccc23)CCNCC1. The quantitative estimate of drug-likeness (QED) is 0.606. The summed E-state index contributed by atoms with van der Waals surface area (Å²) in [5, 5.41) is 4.13. The number of piperidine rings is 1. The lowest BCUT2D eigenvalue weighted by molar-refractivity contribution is -0.129. The minimum atomic E-state index is -0.583. The lowest BCUT2D eigenvalue weighted by Gasteiger charge is -2.39. The van der Waals surface area contributed by atoms with Crippen molar-refractivity contribution in [3.8, 4) is 0 Å². The highest BCUT2D eigenvalue weighted by Gasteiger charge is 2.42. The number of anilines is 1. The number of carbonyl (C=O) groups excluding carboxylic acids is 1. The molecule has 4 heterocycles. The van der Waals surface area contributed by atoms with Crippen LogP contribution >= 0.6 is 22.9 Å². The van der Waals surface area contributed by atoms with Gasteiger partial charge in [0.15, 0.2) is 0 Å². The molecule has 0 saturated carbocycles. The standard InChI is InChI=1S/C18H21ClN6OS/c19-14-2-1-12(27-14)9-25(16-13-3-6-22-15(13)23-11-24-16)17(26)18(10-20)4-7-21-8-5-18/h1-3,6,11,21H,4-5,7-10,20H2,(H,22,23,24). The maximum atomic E-state index is 13.7. The van der Waals surface area contributed by atoms with Crippen LogP contribution in [0.25, 0.3) is 11.0 Å². The molecule has 1 saturated heterocycles. The molecule has 1 amide bonds. The van der Waals surface area contributed by atoms with Crippen molar-refractivity contribution in [2.24, 2.45) is 11.1 Å². The van der Waals surface area contributed by atoms with Crippen molar-refractivity contribution in [3.05, 3.63) is 39.9 Å². The van der Waals surface area contributed by atoms with Gasteiger partial charge in [0, 0.05) is 17.6 Å². The first-order valence-electron chi connectivity index (χ1n) is 8.88. The Bertz CT molecular complexity index is 948. The van der Waals surface area contributed by atoms with Crippen molar-refractivity contribution in [2.75, 3.05) is 24.5 Å². The number of H-pyrrole nitrogens is 1. The first kappa shape index (κ1) is 18.4. The molecule has 4 N–H and O–H groups in total. The van der Waals surface area contributed by atoms with Crippen molar-refractivity contribution < 1.29 is 4.79 Å². The number of hydrogen-bond acceptors (Lipinski definition) is 6. The number of amides is 1. The number of fused-ring (bicyclic) bond motifs is 1. The Morgan fingerprint density at radius 2 is 2.11 bits per heavy atom. The molecular weight excluding hydrogens is 384 g/mol. The van der Waals surface area contributed by atoms with Crippen LogP contribution in [0.1, 0.15) is 17.7 Å². The molecule has 0 unspecified atom stereocenters. The van der Waals surface area contributed by atoms with E-state index in [1.54, 1.807) is 11.1 Å². The molecule has 4 rings (SSSR count). The number of carbonyl (C=O) groups is 1. The van der Waals surface area contributed by atoms with E-state index in [2.05, 4.69) is 20.3 Å². The van der Waals surface area contributed by atoms with Gasteiger partial charge in [-0.05, 0) is 44.1 Å². The molecule has 7 nitrogen and oxygen atoms in total. The molecule has 27 heavy (non-hydrogen) atoms. The number of hydrogen-bond donors (Lipinski definition) is 3. The number of nitrogens with one attached hydrogen (secondary N) is 2. The van der Waals surface area contributed by atoms with Crippen molar-refractivity contribution in [3.63, 3.8) is 0 Å². The van der Waals surface area contributed by atoms with Gasteiger partial charge < -0.3 is 16.0 Å². The van der Waals surface area contributed by atoms with Gasteiger partial charge >= 0.3 is 0 Å². The van der Waals surface area contributed by atoms with Gasteiger partial charge in [-0.25, -0.2) is 9.97 Å². The van der Waals surface area contributed by atoms with Crippen molar-refractivity contribution >= 4 is 45.7 Å². The smallest absolute Gasteiger partial charge is 0.236 e. The molecule has 1 aliphatic rings. The third-order valence-electron chi connectivity index (χ3n) is 5.18. The van der Waals surface area contributed by atoms with Gasteiger partial charge in [0.2, 0.25) is 5.91 Å². The Labute approximate surface area is 165 Å². The highest BCUT2D eigenvalue weighted by molar-refractivity contribution is 7.16. The fourth-order valence-electron chi connectivity index (χ4n) is 3.61. The van der Waals surface area contributed by atoms with Crippen molar-refractivity contribution in [1.29, 1.82) is 0 Å². The Balaban J connectivity index is 1.78. The summed E-state index contributed by atoms with van der Waals surface area (Å²) in [6.07, 6.45) is 4.71. The van der Waals surface area contributed by atoms with Gasteiger partial charge in [-0.2, -0.15) is 0 Å². The lowest BCUT2D eigenvalue weighted by Crippen LogP contribution is -2.53. The average Bonchev–Trinajstić information content (AvgIpc) is 3.34. The van der Waals surface area contributed by atoms with E-state index < -0.39 is 5.41 Å². The van der Waals surface area contributed by atoms with Gasteiger partial charge in [-0.3, -0.25) is 9.69 Å². The van der Waals surface area contributed by atoms with Crippen LogP contribution in [-0.2, 0) is 11.3 Å². The van der Waals surface area contributed by atoms with E-state index in [0.717, 1.165) is 23.4 Å². The first-order chi connectivity index (χ1) is 13.1. The summed E-state index contributed by atoms with van der Waals surface area (Å²) < 4.78 is 0.697. The van der Waals surface area contributed by atoms with Crippen LogP contribution in [0.5, 0.6) is 0 Å².